The maximum Gasteiger partial charge on any atom is 0.494 e. The fraction of sp³-hybridized carbons (Fsp3) is 0.189. The minimum atomic E-state index is -0.468. The van der Waals surface area contributed by atoms with Crippen LogP contribution < -0.4 is 5.46 Å². The van der Waals surface area contributed by atoms with Gasteiger partial charge in [-0.3, -0.25) is 0 Å². The van der Waals surface area contributed by atoms with Gasteiger partial charge in [-0.15, -0.1) is 0 Å². The summed E-state index contributed by atoms with van der Waals surface area (Å²) in [7, 11) is -0.431. The molecule has 1 aliphatic heterocycles. The van der Waals surface area contributed by atoms with Crippen LogP contribution in [0.5, 0.6) is 0 Å². The Kier molecular flexibility index (Phi) is 4.36. The molecule has 1 saturated heterocycles. The monoisotopic (exact) mass is 532 g/mol. The molecule has 1 aromatic heterocycles. The normalized spacial score (nSPS) is 20.9. The third-order valence-corrected chi connectivity index (χ3v) is 10.1. The summed E-state index contributed by atoms with van der Waals surface area (Å²) >= 11 is 0. The summed E-state index contributed by atoms with van der Waals surface area (Å²) in [5, 5.41) is 2.31. The first-order valence-corrected chi connectivity index (χ1v) is 14.5. The van der Waals surface area contributed by atoms with Gasteiger partial charge in [-0.2, -0.15) is 0 Å². The van der Waals surface area contributed by atoms with Gasteiger partial charge < -0.3 is 13.7 Å². The number of furan rings is 1. The van der Waals surface area contributed by atoms with Crippen LogP contribution in [0.3, 0.4) is 0 Å². The Morgan fingerprint density at radius 1 is 0.537 bits per heavy atom. The van der Waals surface area contributed by atoms with Crippen molar-refractivity contribution >= 4 is 34.5 Å². The predicted octanol–water partition coefficient (Wildman–Crippen LogP) is 8.23. The van der Waals surface area contributed by atoms with Gasteiger partial charge in [0.25, 0.3) is 0 Å². The first-order valence-electron chi connectivity index (χ1n) is 14.5. The lowest BCUT2D eigenvalue weighted by molar-refractivity contribution is 0.00578. The molecule has 1 unspecified atom stereocenters. The van der Waals surface area contributed by atoms with Crippen molar-refractivity contribution in [1.82, 2.24) is 0 Å². The second-order valence-corrected chi connectivity index (χ2v) is 12.7. The zero-order chi connectivity index (χ0) is 27.7. The molecule has 5 aromatic carbocycles. The Labute approximate surface area is 239 Å². The van der Waals surface area contributed by atoms with Crippen LogP contribution in [0.15, 0.2) is 108 Å². The molecule has 198 valence electrons. The van der Waals surface area contributed by atoms with Crippen LogP contribution in [0.25, 0.3) is 44.2 Å². The van der Waals surface area contributed by atoms with E-state index in [0.29, 0.717) is 0 Å². The largest absolute Gasteiger partial charge is 0.494 e. The molecule has 1 fully saturated rings. The number of hydrogen-bond acceptors (Lipinski definition) is 3. The summed E-state index contributed by atoms with van der Waals surface area (Å²) in [6.45, 7) is 8.44. The van der Waals surface area contributed by atoms with Crippen molar-refractivity contribution in [3.8, 4) is 22.3 Å². The smallest absolute Gasteiger partial charge is 0.455 e. The molecule has 6 aromatic rings. The molecule has 0 bridgehead atoms. The Balaban J connectivity index is 1.38. The van der Waals surface area contributed by atoms with Crippen LogP contribution in [-0.4, -0.2) is 18.3 Å². The van der Waals surface area contributed by atoms with Crippen molar-refractivity contribution < 1.29 is 13.7 Å². The van der Waals surface area contributed by atoms with E-state index in [1.165, 1.54) is 44.5 Å². The van der Waals surface area contributed by atoms with Gasteiger partial charge in [0.05, 0.1) is 16.6 Å². The van der Waals surface area contributed by atoms with Gasteiger partial charge in [-0.1, -0.05) is 97.1 Å². The van der Waals surface area contributed by atoms with Crippen LogP contribution in [0.1, 0.15) is 49.9 Å². The van der Waals surface area contributed by atoms with Gasteiger partial charge in [-0.05, 0) is 78.2 Å². The molecule has 1 spiro atoms. The number of para-hydroxylation sites is 1. The maximum atomic E-state index is 6.64. The molecule has 0 N–H and O–H groups in total. The molecule has 3 aliphatic rings. The molecule has 9 rings (SSSR count). The minimum Gasteiger partial charge on any atom is -0.455 e. The van der Waals surface area contributed by atoms with Gasteiger partial charge in [0.15, 0.2) is 0 Å². The molecule has 0 amide bonds. The van der Waals surface area contributed by atoms with Crippen molar-refractivity contribution in [3.63, 3.8) is 0 Å². The fourth-order valence-corrected chi connectivity index (χ4v) is 7.55. The molecule has 0 radical (unpaired) electrons. The van der Waals surface area contributed by atoms with E-state index < -0.39 is 23.7 Å². The van der Waals surface area contributed by atoms with Gasteiger partial charge in [0.1, 0.15) is 11.2 Å². The van der Waals surface area contributed by atoms with Gasteiger partial charge >= 0.3 is 7.12 Å². The SMILES string of the molecule is CC1(C)OB(c2ccc3c(c2)C2(c4ccccc4-3)c3ccccc3-c3c2ccc2c3oc3ccccc32)OC1(C)C. The fourth-order valence-electron chi connectivity index (χ4n) is 7.55. The molecular formula is C37H29BO3. The topological polar surface area (TPSA) is 31.6 Å². The standard InChI is InChI=1S/C37H29BO3/c1-35(2)36(3,4)41-38(40-35)22-17-18-24-23-11-5-8-14-28(23)37(31(24)21-22)29-15-9-6-13-27(29)33-30(37)20-19-26-25-12-7-10-16-32(25)39-34(26)33/h5-21H,1-4H3. The number of hydrogen-bond donors (Lipinski definition) is 0. The van der Waals surface area contributed by atoms with E-state index in [1.807, 2.05) is 6.07 Å². The van der Waals surface area contributed by atoms with E-state index in [1.54, 1.807) is 0 Å². The first kappa shape index (κ1) is 23.6. The molecule has 4 heteroatoms. The number of benzene rings is 5. The number of fused-ring (bicyclic) bond motifs is 14. The van der Waals surface area contributed by atoms with Crippen LogP contribution in [0.4, 0.5) is 0 Å². The third-order valence-electron chi connectivity index (χ3n) is 10.1. The van der Waals surface area contributed by atoms with E-state index in [-0.39, 0.29) is 0 Å². The second-order valence-electron chi connectivity index (χ2n) is 12.7. The van der Waals surface area contributed by atoms with Crippen LogP contribution in [0.2, 0.25) is 0 Å². The second kappa shape index (κ2) is 7.58. The summed E-state index contributed by atoms with van der Waals surface area (Å²) in [5.41, 5.74) is 11.7. The lowest BCUT2D eigenvalue weighted by Gasteiger charge is -2.32. The summed E-state index contributed by atoms with van der Waals surface area (Å²) in [4.78, 5) is 0. The summed E-state index contributed by atoms with van der Waals surface area (Å²) in [6.07, 6.45) is 0. The zero-order valence-corrected chi connectivity index (χ0v) is 23.6. The summed E-state index contributed by atoms with van der Waals surface area (Å²) < 4.78 is 19.7. The van der Waals surface area contributed by atoms with E-state index in [9.17, 15) is 0 Å². The van der Waals surface area contributed by atoms with Crippen molar-refractivity contribution in [2.45, 2.75) is 44.3 Å². The highest BCUT2D eigenvalue weighted by molar-refractivity contribution is 6.62. The average molecular weight is 532 g/mol. The lowest BCUT2D eigenvalue weighted by Crippen LogP contribution is -2.41. The van der Waals surface area contributed by atoms with Gasteiger partial charge in [0, 0.05) is 16.3 Å². The van der Waals surface area contributed by atoms with Gasteiger partial charge in [0.2, 0.25) is 0 Å². The van der Waals surface area contributed by atoms with Crippen LogP contribution >= 0.6 is 0 Å². The highest BCUT2D eigenvalue weighted by atomic mass is 16.7. The van der Waals surface area contributed by atoms with E-state index >= 15 is 0 Å². The van der Waals surface area contributed by atoms with E-state index in [2.05, 4.69) is 125 Å². The van der Waals surface area contributed by atoms with Crippen LogP contribution in [0, 0.1) is 0 Å². The Morgan fingerprint density at radius 2 is 1.17 bits per heavy atom. The molecule has 0 saturated carbocycles. The number of rotatable bonds is 1. The van der Waals surface area contributed by atoms with Gasteiger partial charge in [-0.25, -0.2) is 0 Å². The highest BCUT2D eigenvalue weighted by Gasteiger charge is 2.55. The minimum absolute atomic E-state index is 0.406. The molecular weight excluding hydrogens is 503 g/mol. The quantitative estimate of drug-likeness (QED) is 0.200. The average Bonchev–Trinajstić information content (AvgIpc) is 3.65. The zero-order valence-electron chi connectivity index (χ0n) is 23.6. The Hall–Kier alpha value is -4.12. The van der Waals surface area contributed by atoms with Crippen molar-refractivity contribution in [1.29, 1.82) is 0 Å². The molecule has 3 nitrogen and oxygen atoms in total. The van der Waals surface area contributed by atoms with E-state index in [4.69, 9.17) is 13.7 Å². The molecule has 2 heterocycles. The molecule has 1 atom stereocenters. The third kappa shape index (κ3) is 2.77. The predicted molar refractivity (Wildman–Crippen MR) is 166 cm³/mol. The Morgan fingerprint density at radius 3 is 1.95 bits per heavy atom. The van der Waals surface area contributed by atoms with Crippen molar-refractivity contribution in [3.05, 3.63) is 125 Å². The van der Waals surface area contributed by atoms with Crippen LogP contribution in [-0.2, 0) is 14.7 Å². The van der Waals surface area contributed by atoms with Crippen molar-refractivity contribution in [2.75, 3.05) is 0 Å². The summed E-state index contributed by atoms with van der Waals surface area (Å²) in [5.74, 6) is 0. The summed E-state index contributed by atoms with van der Waals surface area (Å²) in [6, 6.07) is 37.5. The Bertz CT molecular complexity index is 2070. The lowest BCUT2D eigenvalue weighted by atomic mass is 9.68. The maximum absolute atomic E-state index is 6.64. The van der Waals surface area contributed by atoms with Crippen molar-refractivity contribution in [2.24, 2.45) is 0 Å². The molecule has 41 heavy (non-hydrogen) atoms. The van der Waals surface area contributed by atoms with E-state index in [0.717, 1.165) is 27.4 Å². The molecule has 2 aliphatic carbocycles. The first-order chi connectivity index (χ1) is 19.8. The highest BCUT2D eigenvalue weighted by Crippen LogP contribution is 2.63.